The van der Waals surface area contributed by atoms with Crippen molar-refractivity contribution in [3.8, 4) is 0 Å². The number of anilines is 1. The largest absolute Gasteiger partial charge is 0.356 e. The van der Waals surface area contributed by atoms with Crippen LogP contribution in [-0.4, -0.2) is 56.0 Å². The first-order chi connectivity index (χ1) is 13.8. The summed E-state index contributed by atoms with van der Waals surface area (Å²) in [7, 11) is 0. The number of nitrogens with zero attached hydrogens (tertiary/aromatic N) is 6. The lowest BCUT2D eigenvalue weighted by atomic mass is 10.3. The van der Waals surface area contributed by atoms with E-state index in [2.05, 4.69) is 27.2 Å². The zero-order valence-corrected chi connectivity index (χ0v) is 16.7. The van der Waals surface area contributed by atoms with Gasteiger partial charge in [-0.3, -0.25) is 9.78 Å². The van der Waals surface area contributed by atoms with Crippen LogP contribution in [-0.2, 0) is 6.54 Å². The molecular weight excluding hydrogens is 374 g/mol. The monoisotopic (exact) mass is 397 g/mol. The molecule has 0 unspecified atom stereocenters. The third kappa shape index (κ3) is 3.94. The summed E-state index contributed by atoms with van der Waals surface area (Å²) in [5, 5.41) is 9.14. The van der Waals surface area contributed by atoms with Gasteiger partial charge in [0.25, 0.3) is 5.91 Å². The number of thioether (sulfide) groups is 1. The molecule has 1 fully saturated rings. The Balaban J connectivity index is 1.53. The molecule has 0 aromatic carbocycles. The minimum absolute atomic E-state index is 0.188. The fraction of sp³-hybridized carbons (Fsp3) is 0.421. The fourth-order valence-corrected chi connectivity index (χ4v) is 3.87. The van der Waals surface area contributed by atoms with Crippen molar-refractivity contribution >= 4 is 34.5 Å². The number of carbonyl (C=O) groups excluding carboxylic acids is 1. The van der Waals surface area contributed by atoms with Gasteiger partial charge in [0.05, 0.1) is 18.1 Å². The van der Waals surface area contributed by atoms with Gasteiger partial charge in [-0.15, -0.1) is 0 Å². The van der Waals surface area contributed by atoms with Crippen LogP contribution in [0.25, 0.3) is 11.0 Å². The Kier molecular flexibility index (Phi) is 5.70. The molecule has 0 radical (unpaired) electrons. The maximum absolute atomic E-state index is 12.2. The van der Waals surface area contributed by atoms with Crippen molar-refractivity contribution in [2.24, 2.45) is 0 Å². The number of carbonyl (C=O) groups is 1. The molecule has 4 heterocycles. The number of fused-ring (bicyclic) bond motifs is 1. The predicted molar refractivity (Wildman–Crippen MR) is 110 cm³/mol. The minimum atomic E-state index is -0.188. The maximum atomic E-state index is 12.2. The van der Waals surface area contributed by atoms with Crippen LogP contribution < -0.4 is 10.2 Å². The van der Waals surface area contributed by atoms with Gasteiger partial charge in [0.15, 0.2) is 10.8 Å². The number of hydrogen-bond donors (Lipinski definition) is 1. The highest BCUT2D eigenvalue weighted by Gasteiger charge is 2.20. The van der Waals surface area contributed by atoms with Crippen LogP contribution in [0.4, 0.5) is 5.82 Å². The molecule has 0 atom stereocenters. The van der Waals surface area contributed by atoms with Gasteiger partial charge >= 0.3 is 0 Å². The highest BCUT2D eigenvalue weighted by molar-refractivity contribution is 7.99. The van der Waals surface area contributed by atoms with Crippen LogP contribution >= 0.6 is 11.8 Å². The van der Waals surface area contributed by atoms with Crippen LogP contribution in [0, 0.1) is 0 Å². The van der Waals surface area contributed by atoms with Crippen LogP contribution in [0.15, 0.2) is 35.7 Å². The first-order valence-electron chi connectivity index (χ1n) is 9.57. The third-order valence-electron chi connectivity index (χ3n) is 4.64. The highest BCUT2D eigenvalue weighted by Crippen LogP contribution is 2.29. The van der Waals surface area contributed by atoms with E-state index in [1.807, 2.05) is 10.9 Å². The number of aromatic nitrogens is 5. The van der Waals surface area contributed by atoms with E-state index in [4.69, 9.17) is 9.97 Å². The molecule has 0 aliphatic carbocycles. The Morgan fingerprint density at radius 2 is 2.11 bits per heavy atom. The average molecular weight is 398 g/mol. The molecule has 0 spiro atoms. The summed E-state index contributed by atoms with van der Waals surface area (Å²) < 4.78 is 1.84. The molecule has 3 aromatic rings. The first-order valence-corrected chi connectivity index (χ1v) is 10.6. The van der Waals surface area contributed by atoms with E-state index in [1.165, 1.54) is 12.8 Å². The topological polar surface area (TPSA) is 88.8 Å². The van der Waals surface area contributed by atoms with Gasteiger partial charge in [-0.25, -0.2) is 14.6 Å². The second kappa shape index (κ2) is 8.55. The van der Waals surface area contributed by atoms with Gasteiger partial charge in [-0.1, -0.05) is 24.8 Å². The summed E-state index contributed by atoms with van der Waals surface area (Å²) in [5.41, 5.74) is 1.23. The number of nitrogens with one attached hydrogen (secondary N) is 1. The molecule has 1 N–H and O–H groups in total. The molecule has 0 bridgehead atoms. The minimum Gasteiger partial charge on any atom is -0.356 e. The SMILES string of the molecule is CCSc1nc(N2CCCC2)c2cnn(CCNC(=O)c3ccccn3)c2n1. The van der Waals surface area contributed by atoms with Crippen molar-refractivity contribution in [3.63, 3.8) is 0 Å². The molecule has 28 heavy (non-hydrogen) atoms. The van der Waals surface area contributed by atoms with E-state index in [-0.39, 0.29) is 5.91 Å². The normalized spacial score (nSPS) is 14.0. The lowest BCUT2D eigenvalue weighted by molar-refractivity contribution is 0.0947. The number of amides is 1. The summed E-state index contributed by atoms with van der Waals surface area (Å²) >= 11 is 1.63. The summed E-state index contributed by atoms with van der Waals surface area (Å²) in [4.78, 5) is 28.0. The summed E-state index contributed by atoms with van der Waals surface area (Å²) in [6, 6.07) is 5.28. The van der Waals surface area contributed by atoms with Crippen LogP contribution in [0.3, 0.4) is 0 Å². The number of rotatable bonds is 7. The number of pyridine rings is 1. The van der Waals surface area contributed by atoms with E-state index in [0.29, 0.717) is 18.8 Å². The van der Waals surface area contributed by atoms with Gasteiger partial charge in [-0.05, 0) is 30.7 Å². The smallest absolute Gasteiger partial charge is 0.269 e. The Morgan fingerprint density at radius 1 is 1.25 bits per heavy atom. The molecule has 3 aromatic heterocycles. The molecule has 8 nitrogen and oxygen atoms in total. The van der Waals surface area contributed by atoms with Crippen molar-refractivity contribution in [1.29, 1.82) is 0 Å². The van der Waals surface area contributed by atoms with Gasteiger partial charge in [-0.2, -0.15) is 5.10 Å². The predicted octanol–water partition coefficient (Wildman–Crippen LogP) is 2.36. The third-order valence-corrected chi connectivity index (χ3v) is 5.37. The van der Waals surface area contributed by atoms with E-state index < -0.39 is 0 Å². The number of hydrogen-bond acceptors (Lipinski definition) is 7. The van der Waals surface area contributed by atoms with Crippen LogP contribution in [0.2, 0.25) is 0 Å². The molecule has 1 saturated heterocycles. The van der Waals surface area contributed by atoms with Crippen LogP contribution in [0.5, 0.6) is 0 Å². The maximum Gasteiger partial charge on any atom is 0.269 e. The molecule has 146 valence electrons. The van der Waals surface area contributed by atoms with E-state index in [1.54, 1.807) is 36.2 Å². The van der Waals surface area contributed by atoms with Crippen molar-refractivity contribution in [2.75, 3.05) is 30.3 Å². The van der Waals surface area contributed by atoms with E-state index in [9.17, 15) is 4.79 Å². The van der Waals surface area contributed by atoms with Gasteiger partial charge < -0.3 is 10.2 Å². The quantitative estimate of drug-likeness (QED) is 0.483. The lowest BCUT2D eigenvalue weighted by Gasteiger charge is -2.17. The first kappa shape index (κ1) is 18.7. The second-order valence-electron chi connectivity index (χ2n) is 6.53. The lowest BCUT2D eigenvalue weighted by Crippen LogP contribution is -2.28. The molecule has 0 saturated carbocycles. The molecule has 1 aliphatic heterocycles. The van der Waals surface area contributed by atoms with Gasteiger partial charge in [0, 0.05) is 25.8 Å². The van der Waals surface area contributed by atoms with Gasteiger partial charge in [0.1, 0.15) is 11.5 Å². The fourth-order valence-electron chi connectivity index (χ4n) is 3.31. The van der Waals surface area contributed by atoms with Gasteiger partial charge in [0.2, 0.25) is 0 Å². The molecule has 4 rings (SSSR count). The van der Waals surface area contributed by atoms with Crippen molar-refractivity contribution in [3.05, 3.63) is 36.3 Å². The molecular formula is C19H23N7OS. The Morgan fingerprint density at radius 3 is 2.86 bits per heavy atom. The summed E-state index contributed by atoms with van der Waals surface area (Å²) in [5.74, 6) is 1.70. The molecule has 1 aliphatic rings. The second-order valence-corrected chi connectivity index (χ2v) is 7.76. The van der Waals surface area contributed by atoms with Crippen molar-refractivity contribution < 1.29 is 4.79 Å². The Hall–Kier alpha value is -2.68. The van der Waals surface area contributed by atoms with Crippen LogP contribution in [0.1, 0.15) is 30.3 Å². The summed E-state index contributed by atoms with van der Waals surface area (Å²) in [6.45, 7) is 5.12. The van der Waals surface area contributed by atoms with Crippen molar-refractivity contribution in [1.82, 2.24) is 30.0 Å². The Labute approximate surface area is 167 Å². The molecule has 9 heteroatoms. The summed E-state index contributed by atoms with van der Waals surface area (Å²) in [6.07, 6.45) is 5.83. The van der Waals surface area contributed by atoms with E-state index >= 15 is 0 Å². The zero-order chi connectivity index (χ0) is 19.3. The Bertz CT molecular complexity index is 954. The molecule has 1 amide bonds. The zero-order valence-electron chi connectivity index (χ0n) is 15.8. The van der Waals surface area contributed by atoms with E-state index in [0.717, 1.165) is 40.9 Å². The average Bonchev–Trinajstić information content (AvgIpc) is 3.39. The van der Waals surface area contributed by atoms with Crippen molar-refractivity contribution in [2.45, 2.75) is 31.5 Å². The standard InChI is InChI=1S/C19H23N7OS/c1-2-28-19-23-16(25-10-5-6-11-25)14-13-22-26(17(14)24-19)12-9-21-18(27)15-7-3-4-8-20-15/h3-4,7-8,13H,2,5-6,9-12H2,1H3,(H,21,27). The highest BCUT2D eigenvalue weighted by atomic mass is 32.2.